The zero-order valence-electron chi connectivity index (χ0n) is 5.60. The molecule has 4 nitrogen and oxygen atoms in total. The van der Waals surface area contributed by atoms with E-state index in [9.17, 15) is 0 Å². The van der Waals surface area contributed by atoms with E-state index in [1.807, 2.05) is 4.68 Å². The molecule has 0 spiro atoms. The third-order valence-electron chi connectivity index (χ3n) is 1.55. The number of hydrogen-bond donors (Lipinski definition) is 0. The Labute approximate surface area is 58.8 Å². The molecule has 1 saturated heterocycles. The van der Waals surface area contributed by atoms with Gasteiger partial charge in [-0.2, -0.15) is 5.10 Å². The van der Waals surface area contributed by atoms with Crippen molar-refractivity contribution in [1.82, 2.24) is 14.8 Å². The summed E-state index contributed by atoms with van der Waals surface area (Å²) in [5.41, 5.74) is 0. The van der Waals surface area contributed by atoms with Crippen LogP contribution in [0.4, 0.5) is 0 Å². The van der Waals surface area contributed by atoms with Gasteiger partial charge in [0.25, 0.3) is 0 Å². The van der Waals surface area contributed by atoms with Crippen LogP contribution in [0.1, 0.15) is 6.42 Å². The summed E-state index contributed by atoms with van der Waals surface area (Å²) in [6.45, 7) is 1.85. The minimum absolute atomic E-state index is 0.490. The van der Waals surface area contributed by atoms with Gasteiger partial charge in [-0.05, 0) is 6.42 Å². The summed E-state index contributed by atoms with van der Waals surface area (Å²) in [4.78, 5) is 3.83. The normalized spacial score (nSPS) is 23.0. The first kappa shape index (κ1) is 5.85. The molecule has 1 aromatic rings. The highest BCUT2D eigenvalue weighted by atomic mass is 16.6. The van der Waals surface area contributed by atoms with Gasteiger partial charge in [-0.3, -0.25) is 4.68 Å². The van der Waals surface area contributed by atoms with Gasteiger partial charge in [-0.15, -0.1) is 0 Å². The molecule has 0 amide bonds. The lowest BCUT2D eigenvalue weighted by molar-refractivity contribution is 0.380. The zero-order valence-corrected chi connectivity index (χ0v) is 5.60. The summed E-state index contributed by atoms with van der Waals surface area (Å²) < 4.78 is 6.87. The number of ether oxygens (including phenoxy) is 1. The Hall–Kier alpha value is -0.900. The summed E-state index contributed by atoms with van der Waals surface area (Å²) in [6, 6.07) is 0. The molecule has 2 heterocycles. The Morgan fingerprint density at radius 1 is 1.70 bits per heavy atom. The SMILES string of the molecule is c1ncn(CCC2CO2)n1. The molecule has 1 atom stereocenters. The lowest BCUT2D eigenvalue weighted by Gasteiger charge is -1.94. The molecule has 0 aromatic carbocycles. The monoisotopic (exact) mass is 139 g/mol. The first-order chi connectivity index (χ1) is 4.95. The highest BCUT2D eigenvalue weighted by Crippen LogP contribution is 2.13. The fourth-order valence-corrected chi connectivity index (χ4v) is 0.859. The molecule has 1 aromatic heterocycles. The summed E-state index contributed by atoms with van der Waals surface area (Å²) in [7, 11) is 0. The van der Waals surface area contributed by atoms with E-state index >= 15 is 0 Å². The van der Waals surface area contributed by atoms with E-state index < -0.39 is 0 Å². The fraction of sp³-hybridized carbons (Fsp3) is 0.667. The second-order valence-electron chi connectivity index (χ2n) is 2.40. The van der Waals surface area contributed by atoms with Crippen LogP contribution in [-0.4, -0.2) is 27.5 Å². The Balaban J connectivity index is 1.79. The van der Waals surface area contributed by atoms with Crippen LogP contribution in [-0.2, 0) is 11.3 Å². The van der Waals surface area contributed by atoms with E-state index in [2.05, 4.69) is 10.1 Å². The third-order valence-corrected chi connectivity index (χ3v) is 1.55. The van der Waals surface area contributed by atoms with Gasteiger partial charge in [0.05, 0.1) is 12.7 Å². The van der Waals surface area contributed by atoms with E-state index in [0.717, 1.165) is 19.6 Å². The van der Waals surface area contributed by atoms with Gasteiger partial charge >= 0.3 is 0 Å². The highest BCUT2D eigenvalue weighted by molar-refractivity contribution is 4.69. The molecule has 0 saturated carbocycles. The zero-order chi connectivity index (χ0) is 6.81. The van der Waals surface area contributed by atoms with Crippen LogP contribution in [0, 0.1) is 0 Å². The Bertz CT molecular complexity index is 193. The minimum atomic E-state index is 0.490. The maximum Gasteiger partial charge on any atom is 0.137 e. The van der Waals surface area contributed by atoms with E-state index in [0.29, 0.717) is 6.10 Å². The van der Waals surface area contributed by atoms with Crippen LogP contribution < -0.4 is 0 Å². The van der Waals surface area contributed by atoms with E-state index in [1.165, 1.54) is 0 Å². The van der Waals surface area contributed by atoms with Gasteiger partial charge in [0.2, 0.25) is 0 Å². The van der Waals surface area contributed by atoms with Crippen LogP contribution in [0.2, 0.25) is 0 Å². The summed E-state index contributed by atoms with van der Waals surface area (Å²) in [5.74, 6) is 0. The van der Waals surface area contributed by atoms with E-state index in [1.54, 1.807) is 12.7 Å². The fourth-order valence-electron chi connectivity index (χ4n) is 0.859. The Kier molecular flexibility index (Phi) is 1.39. The smallest absolute Gasteiger partial charge is 0.137 e. The van der Waals surface area contributed by atoms with Crippen molar-refractivity contribution in [2.45, 2.75) is 19.1 Å². The van der Waals surface area contributed by atoms with Crippen LogP contribution in [0.15, 0.2) is 12.7 Å². The predicted molar refractivity (Wildman–Crippen MR) is 34.4 cm³/mol. The van der Waals surface area contributed by atoms with Gasteiger partial charge in [0.15, 0.2) is 0 Å². The van der Waals surface area contributed by atoms with Crippen molar-refractivity contribution in [1.29, 1.82) is 0 Å². The maximum absolute atomic E-state index is 5.05. The molecule has 1 fully saturated rings. The summed E-state index contributed by atoms with van der Waals surface area (Å²) in [6.07, 6.45) is 4.82. The van der Waals surface area contributed by atoms with E-state index in [-0.39, 0.29) is 0 Å². The average Bonchev–Trinajstić information content (AvgIpc) is 2.63. The standard InChI is InChI=1S/C6H9N3O/c1(6-3-10-6)2-9-5-7-4-8-9/h4-6H,1-3H2. The van der Waals surface area contributed by atoms with Crippen LogP contribution >= 0.6 is 0 Å². The quantitative estimate of drug-likeness (QED) is 0.556. The van der Waals surface area contributed by atoms with Crippen molar-refractivity contribution in [2.24, 2.45) is 0 Å². The number of hydrogen-bond acceptors (Lipinski definition) is 3. The lowest BCUT2D eigenvalue weighted by atomic mass is 10.3. The van der Waals surface area contributed by atoms with Crippen molar-refractivity contribution in [3.05, 3.63) is 12.7 Å². The van der Waals surface area contributed by atoms with Crippen molar-refractivity contribution in [2.75, 3.05) is 6.61 Å². The summed E-state index contributed by atoms with van der Waals surface area (Å²) >= 11 is 0. The van der Waals surface area contributed by atoms with Crippen molar-refractivity contribution in [3.8, 4) is 0 Å². The molecular weight excluding hydrogens is 130 g/mol. The third kappa shape index (κ3) is 1.33. The number of nitrogens with zero attached hydrogens (tertiary/aromatic N) is 3. The maximum atomic E-state index is 5.05. The number of aromatic nitrogens is 3. The van der Waals surface area contributed by atoms with Gasteiger partial charge in [-0.25, -0.2) is 4.98 Å². The van der Waals surface area contributed by atoms with Gasteiger partial charge < -0.3 is 4.74 Å². The van der Waals surface area contributed by atoms with Gasteiger partial charge in [0.1, 0.15) is 12.7 Å². The molecule has 10 heavy (non-hydrogen) atoms. The molecule has 0 N–H and O–H groups in total. The largest absolute Gasteiger partial charge is 0.373 e. The molecule has 54 valence electrons. The molecule has 1 aliphatic rings. The average molecular weight is 139 g/mol. The molecule has 4 heteroatoms. The van der Waals surface area contributed by atoms with Gasteiger partial charge in [-0.1, -0.05) is 0 Å². The van der Waals surface area contributed by atoms with E-state index in [4.69, 9.17) is 4.74 Å². The molecular formula is C6H9N3O. The first-order valence-corrected chi connectivity index (χ1v) is 3.39. The molecule has 0 aliphatic carbocycles. The topological polar surface area (TPSA) is 43.2 Å². The van der Waals surface area contributed by atoms with Crippen LogP contribution in [0.5, 0.6) is 0 Å². The molecule has 1 aliphatic heterocycles. The summed E-state index contributed by atoms with van der Waals surface area (Å²) in [5, 5.41) is 3.97. The van der Waals surface area contributed by atoms with Gasteiger partial charge in [0, 0.05) is 6.54 Å². The van der Waals surface area contributed by atoms with Crippen LogP contribution in [0.3, 0.4) is 0 Å². The second kappa shape index (κ2) is 2.38. The Morgan fingerprint density at radius 3 is 3.20 bits per heavy atom. The van der Waals surface area contributed by atoms with Crippen molar-refractivity contribution in [3.63, 3.8) is 0 Å². The molecule has 2 rings (SSSR count). The number of epoxide rings is 1. The van der Waals surface area contributed by atoms with Crippen molar-refractivity contribution < 1.29 is 4.74 Å². The molecule has 1 unspecified atom stereocenters. The number of rotatable bonds is 3. The molecule has 0 radical (unpaired) electrons. The van der Waals surface area contributed by atoms with Crippen LogP contribution in [0.25, 0.3) is 0 Å². The highest BCUT2D eigenvalue weighted by Gasteiger charge is 2.21. The van der Waals surface area contributed by atoms with Crippen molar-refractivity contribution >= 4 is 0 Å². The Morgan fingerprint density at radius 2 is 2.60 bits per heavy atom. The minimum Gasteiger partial charge on any atom is -0.373 e. The first-order valence-electron chi connectivity index (χ1n) is 3.39. The number of aryl methyl sites for hydroxylation is 1. The predicted octanol–water partition coefficient (Wildman–Crippen LogP) is 0.0670. The lowest BCUT2D eigenvalue weighted by Crippen LogP contribution is -2.00. The molecule has 0 bridgehead atoms. The second-order valence-corrected chi connectivity index (χ2v) is 2.40.